The van der Waals surface area contributed by atoms with Crippen LogP contribution in [0.15, 0.2) is 24.5 Å². The Balaban J connectivity index is 2.64. The fourth-order valence-electron chi connectivity index (χ4n) is 1.36. The zero-order valence-electron chi connectivity index (χ0n) is 7.51. The summed E-state index contributed by atoms with van der Waals surface area (Å²) in [6.45, 7) is 1.64. The van der Waals surface area contributed by atoms with Crippen LogP contribution in [-0.4, -0.2) is 10.2 Å². The van der Waals surface area contributed by atoms with E-state index in [0.717, 1.165) is 0 Å². The lowest BCUT2D eigenvalue weighted by Gasteiger charge is -2.03. The van der Waals surface area contributed by atoms with Gasteiger partial charge in [-0.05, 0) is 24.6 Å². The van der Waals surface area contributed by atoms with E-state index < -0.39 is 11.6 Å². The van der Waals surface area contributed by atoms with E-state index in [1.807, 2.05) is 0 Å². The molecular formula is C10H8F2N2. The number of rotatable bonds is 1. The number of benzene rings is 1. The van der Waals surface area contributed by atoms with E-state index in [2.05, 4.69) is 10.2 Å². The molecule has 4 heteroatoms. The molecule has 0 bridgehead atoms. The van der Waals surface area contributed by atoms with Crippen LogP contribution in [0.5, 0.6) is 0 Å². The molecule has 0 atom stereocenters. The molecule has 2 nitrogen and oxygen atoms in total. The first-order valence-corrected chi connectivity index (χ1v) is 4.13. The molecule has 2 rings (SSSR count). The maximum absolute atomic E-state index is 13.4. The van der Waals surface area contributed by atoms with Crippen LogP contribution in [0, 0.1) is 18.6 Å². The van der Waals surface area contributed by atoms with Crippen molar-refractivity contribution in [3.63, 3.8) is 0 Å². The van der Waals surface area contributed by atoms with E-state index in [-0.39, 0.29) is 5.56 Å². The van der Waals surface area contributed by atoms with Gasteiger partial charge in [0.15, 0.2) is 0 Å². The summed E-state index contributed by atoms with van der Waals surface area (Å²) in [4.78, 5) is 0. The van der Waals surface area contributed by atoms with Crippen molar-refractivity contribution in [2.24, 2.45) is 0 Å². The first-order chi connectivity index (χ1) is 6.68. The van der Waals surface area contributed by atoms with Gasteiger partial charge in [-0.1, -0.05) is 0 Å². The summed E-state index contributed by atoms with van der Waals surface area (Å²) in [5.74, 6) is -1.13. The van der Waals surface area contributed by atoms with E-state index in [4.69, 9.17) is 0 Å². The fraction of sp³-hybridized carbons (Fsp3) is 0.100. The summed E-state index contributed by atoms with van der Waals surface area (Å²) in [6, 6.07) is 2.59. The molecule has 0 spiro atoms. The lowest BCUT2D eigenvalue weighted by atomic mass is 10.1. The van der Waals surface area contributed by atoms with Gasteiger partial charge in [0.25, 0.3) is 0 Å². The second-order valence-corrected chi connectivity index (χ2v) is 3.09. The Labute approximate surface area is 79.6 Å². The van der Waals surface area contributed by atoms with Gasteiger partial charge in [0, 0.05) is 11.8 Å². The molecule has 14 heavy (non-hydrogen) atoms. The molecule has 0 aliphatic heterocycles. The summed E-state index contributed by atoms with van der Waals surface area (Å²) < 4.78 is 26.8. The van der Waals surface area contributed by atoms with Gasteiger partial charge >= 0.3 is 0 Å². The van der Waals surface area contributed by atoms with Crippen LogP contribution in [-0.2, 0) is 0 Å². The third-order valence-corrected chi connectivity index (χ3v) is 1.97. The van der Waals surface area contributed by atoms with E-state index in [0.29, 0.717) is 11.1 Å². The smallest absolute Gasteiger partial charge is 0.134 e. The highest BCUT2D eigenvalue weighted by molar-refractivity contribution is 5.63. The second-order valence-electron chi connectivity index (χ2n) is 3.09. The number of aryl methyl sites for hydroxylation is 1. The Morgan fingerprint density at radius 2 is 1.86 bits per heavy atom. The summed E-state index contributed by atoms with van der Waals surface area (Å²) in [6.07, 6.45) is 2.84. The monoisotopic (exact) mass is 194 g/mol. The first kappa shape index (κ1) is 8.87. The number of H-pyrrole nitrogens is 1. The van der Waals surface area contributed by atoms with Crippen molar-refractivity contribution in [1.82, 2.24) is 10.2 Å². The molecule has 0 fully saturated rings. The van der Waals surface area contributed by atoms with Crippen LogP contribution in [0.2, 0.25) is 0 Å². The van der Waals surface area contributed by atoms with Gasteiger partial charge in [0.05, 0.1) is 11.8 Å². The lowest BCUT2D eigenvalue weighted by Crippen LogP contribution is -1.90. The molecule has 0 saturated carbocycles. The van der Waals surface area contributed by atoms with Crippen molar-refractivity contribution in [3.8, 4) is 11.1 Å². The molecular weight excluding hydrogens is 186 g/mol. The van der Waals surface area contributed by atoms with Crippen LogP contribution in [0.25, 0.3) is 11.1 Å². The fourth-order valence-corrected chi connectivity index (χ4v) is 1.36. The van der Waals surface area contributed by atoms with Crippen molar-refractivity contribution >= 4 is 0 Å². The topological polar surface area (TPSA) is 28.7 Å². The van der Waals surface area contributed by atoms with Crippen LogP contribution < -0.4 is 0 Å². The minimum atomic E-state index is -0.566. The molecule has 1 aromatic heterocycles. The molecule has 0 saturated heterocycles. The zero-order valence-corrected chi connectivity index (χ0v) is 7.51. The number of hydrogen-bond acceptors (Lipinski definition) is 1. The third kappa shape index (κ3) is 1.39. The third-order valence-electron chi connectivity index (χ3n) is 1.97. The average molecular weight is 194 g/mol. The summed E-state index contributed by atoms with van der Waals surface area (Å²) >= 11 is 0. The molecule has 0 unspecified atom stereocenters. The number of hydrogen-bond donors (Lipinski definition) is 1. The highest BCUT2D eigenvalue weighted by atomic mass is 19.1. The molecule has 0 radical (unpaired) electrons. The van der Waals surface area contributed by atoms with Crippen LogP contribution in [0.3, 0.4) is 0 Å². The van der Waals surface area contributed by atoms with Gasteiger partial charge in [-0.15, -0.1) is 0 Å². The SMILES string of the molecule is Cc1cc(F)c(-c2cn[nH]c2)c(F)c1. The number of aromatic amines is 1. The van der Waals surface area contributed by atoms with Gasteiger partial charge in [-0.25, -0.2) is 8.78 Å². The van der Waals surface area contributed by atoms with E-state index in [1.165, 1.54) is 24.5 Å². The van der Waals surface area contributed by atoms with Gasteiger partial charge in [-0.2, -0.15) is 5.10 Å². The molecule has 2 aromatic rings. The maximum Gasteiger partial charge on any atom is 0.134 e. The molecule has 72 valence electrons. The average Bonchev–Trinajstić information content (AvgIpc) is 2.54. The normalized spacial score (nSPS) is 10.5. The van der Waals surface area contributed by atoms with Gasteiger partial charge in [-0.3, -0.25) is 5.10 Å². The standard InChI is InChI=1S/C10H8F2N2/c1-6-2-8(11)10(9(12)3-6)7-4-13-14-5-7/h2-5H,1H3,(H,13,14). The molecule has 0 aliphatic carbocycles. The van der Waals surface area contributed by atoms with Crippen molar-refractivity contribution in [2.75, 3.05) is 0 Å². The summed E-state index contributed by atoms with van der Waals surface area (Å²) in [7, 11) is 0. The Hall–Kier alpha value is -1.71. The molecule has 0 aliphatic rings. The van der Waals surface area contributed by atoms with Crippen LogP contribution in [0.1, 0.15) is 5.56 Å². The minimum Gasteiger partial charge on any atom is -0.285 e. The maximum atomic E-state index is 13.4. The number of nitrogens with one attached hydrogen (secondary N) is 1. The van der Waals surface area contributed by atoms with Gasteiger partial charge < -0.3 is 0 Å². The number of halogens is 2. The quantitative estimate of drug-likeness (QED) is 0.742. The Bertz CT molecular complexity index is 426. The van der Waals surface area contributed by atoms with Crippen LogP contribution >= 0.6 is 0 Å². The summed E-state index contributed by atoms with van der Waals surface area (Å²) in [5.41, 5.74) is 0.941. The Morgan fingerprint density at radius 1 is 1.21 bits per heavy atom. The Kier molecular flexibility index (Phi) is 2.04. The zero-order chi connectivity index (χ0) is 10.1. The van der Waals surface area contributed by atoms with Crippen molar-refractivity contribution in [3.05, 3.63) is 41.7 Å². The minimum absolute atomic E-state index is 0.0376. The predicted molar refractivity (Wildman–Crippen MR) is 48.7 cm³/mol. The van der Waals surface area contributed by atoms with E-state index in [9.17, 15) is 8.78 Å². The second kappa shape index (κ2) is 3.21. The van der Waals surface area contributed by atoms with Crippen molar-refractivity contribution in [1.29, 1.82) is 0 Å². The van der Waals surface area contributed by atoms with E-state index in [1.54, 1.807) is 6.92 Å². The number of nitrogens with zero attached hydrogens (tertiary/aromatic N) is 1. The van der Waals surface area contributed by atoms with E-state index >= 15 is 0 Å². The van der Waals surface area contributed by atoms with Gasteiger partial charge in [0.2, 0.25) is 0 Å². The number of aromatic nitrogens is 2. The first-order valence-electron chi connectivity index (χ1n) is 4.13. The molecule has 1 aromatic carbocycles. The van der Waals surface area contributed by atoms with Crippen molar-refractivity contribution < 1.29 is 8.78 Å². The molecule has 1 heterocycles. The summed E-state index contributed by atoms with van der Waals surface area (Å²) in [5, 5.41) is 6.16. The lowest BCUT2D eigenvalue weighted by molar-refractivity contribution is 0.588. The van der Waals surface area contributed by atoms with Crippen molar-refractivity contribution in [2.45, 2.75) is 6.92 Å². The molecule has 0 amide bonds. The van der Waals surface area contributed by atoms with Crippen LogP contribution in [0.4, 0.5) is 8.78 Å². The highest BCUT2D eigenvalue weighted by Gasteiger charge is 2.12. The largest absolute Gasteiger partial charge is 0.285 e. The van der Waals surface area contributed by atoms with Gasteiger partial charge in [0.1, 0.15) is 11.6 Å². The predicted octanol–water partition coefficient (Wildman–Crippen LogP) is 2.66. The Morgan fingerprint density at radius 3 is 2.36 bits per heavy atom. The molecule has 1 N–H and O–H groups in total. The highest BCUT2D eigenvalue weighted by Crippen LogP contribution is 2.25.